The summed E-state index contributed by atoms with van der Waals surface area (Å²) in [7, 11) is 0.553. The SMILES string of the molecule is C[C@@H]([C@@H](c1ccccc1)S(=O)(=O)C(C)(C)C)N(C)C. The molecule has 1 aromatic rings. The molecule has 0 spiro atoms. The van der Waals surface area contributed by atoms with E-state index >= 15 is 0 Å². The molecule has 0 amide bonds. The third-order valence-corrected chi connectivity index (χ3v) is 6.61. The molecule has 0 heterocycles. The van der Waals surface area contributed by atoms with E-state index in [1.165, 1.54) is 0 Å². The van der Waals surface area contributed by atoms with Crippen molar-refractivity contribution in [1.29, 1.82) is 0 Å². The topological polar surface area (TPSA) is 37.4 Å². The molecule has 0 aliphatic rings. The van der Waals surface area contributed by atoms with Crippen molar-refractivity contribution in [2.75, 3.05) is 14.1 Å². The Kier molecular flexibility index (Phi) is 4.80. The van der Waals surface area contributed by atoms with E-state index in [2.05, 4.69) is 0 Å². The van der Waals surface area contributed by atoms with Gasteiger partial charge in [0.15, 0.2) is 9.84 Å². The lowest BCUT2D eigenvalue weighted by atomic mass is 10.1. The summed E-state index contributed by atoms with van der Waals surface area (Å²) in [6.07, 6.45) is 0. The Balaban J connectivity index is 3.38. The molecule has 0 saturated carbocycles. The van der Waals surface area contributed by atoms with Gasteiger partial charge in [0.25, 0.3) is 0 Å². The van der Waals surface area contributed by atoms with Crippen molar-refractivity contribution < 1.29 is 8.42 Å². The third-order valence-electron chi connectivity index (χ3n) is 3.57. The summed E-state index contributed by atoms with van der Waals surface area (Å²) in [5.74, 6) is 0. The molecule has 0 N–H and O–H groups in total. The number of nitrogens with zero attached hydrogens (tertiary/aromatic N) is 1. The van der Waals surface area contributed by atoms with Crippen LogP contribution < -0.4 is 0 Å². The van der Waals surface area contributed by atoms with Gasteiger partial charge in [-0.25, -0.2) is 8.42 Å². The molecule has 0 aliphatic carbocycles. The number of hydrogen-bond donors (Lipinski definition) is 0. The summed E-state index contributed by atoms with van der Waals surface area (Å²) in [6.45, 7) is 7.25. The Labute approximate surface area is 117 Å². The predicted octanol–water partition coefficient (Wildman–Crippen LogP) is 2.89. The van der Waals surface area contributed by atoms with Crippen LogP contribution in [0.15, 0.2) is 30.3 Å². The van der Waals surface area contributed by atoms with E-state index in [0.717, 1.165) is 5.56 Å². The van der Waals surface area contributed by atoms with E-state index in [9.17, 15) is 8.42 Å². The molecule has 1 aromatic carbocycles. The largest absolute Gasteiger partial charge is 0.305 e. The molecule has 0 unspecified atom stereocenters. The maximum Gasteiger partial charge on any atom is 0.163 e. The zero-order valence-electron chi connectivity index (χ0n) is 12.7. The molecule has 2 atom stereocenters. The average Bonchev–Trinajstić information content (AvgIpc) is 2.28. The second-order valence-electron chi connectivity index (χ2n) is 6.19. The highest BCUT2D eigenvalue weighted by Crippen LogP contribution is 2.35. The van der Waals surface area contributed by atoms with Gasteiger partial charge in [-0.15, -0.1) is 0 Å². The van der Waals surface area contributed by atoms with Gasteiger partial charge in [-0.1, -0.05) is 30.3 Å². The summed E-state index contributed by atoms with van der Waals surface area (Å²) >= 11 is 0. The Hall–Kier alpha value is -0.870. The van der Waals surface area contributed by atoms with Crippen LogP contribution in [0, 0.1) is 0 Å². The summed E-state index contributed by atoms with van der Waals surface area (Å²) in [6, 6.07) is 9.41. The summed E-state index contributed by atoms with van der Waals surface area (Å²) < 4.78 is 25.0. The minimum Gasteiger partial charge on any atom is -0.305 e. The van der Waals surface area contributed by atoms with Gasteiger partial charge >= 0.3 is 0 Å². The quantitative estimate of drug-likeness (QED) is 0.852. The Bertz CT molecular complexity index is 501. The summed E-state index contributed by atoms with van der Waals surface area (Å²) in [5, 5.41) is -0.510. The first kappa shape index (κ1) is 16.2. The van der Waals surface area contributed by atoms with E-state index < -0.39 is 19.8 Å². The molecule has 108 valence electrons. The molecule has 3 nitrogen and oxygen atoms in total. The summed E-state index contributed by atoms with van der Waals surface area (Å²) in [5.41, 5.74) is 0.860. The standard InChI is InChI=1S/C15H25NO2S/c1-12(16(5)6)14(13-10-8-7-9-11-13)19(17,18)15(2,3)4/h7-12,14H,1-6H3/t12-,14-/m0/s1. The first-order chi connectivity index (χ1) is 8.59. The van der Waals surface area contributed by atoms with Crippen LogP contribution in [0.4, 0.5) is 0 Å². The van der Waals surface area contributed by atoms with Crippen LogP contribution in [0.25, 0.3) is 0 Å². The average molecular weight is 283 g/mol. The number of benzene rings is 1. The molecule has 0 aromatic heterocycles. The Morgan fingerprint density at radius 2 is 1.53 bits per heavy atom. The number of sulfone groups is 1. The summed E-state index contributed by atoms with van der Waals surface area (Å²) in [4.78, 5) is 1.96. The molecule has 0 bridgehead atoms. The van der Waals surface area contributed by atoms with Gasteiger partial charge in [-0.05, 0) is 47.4 Å². The predicted molar refractivity (Wildman–Crippen MR) is 81.0 cm³/mol. The van der Waals surface area contributed by atoms with E-state index in [4.69, 9.17) is 0 Å². The minimum atomic E-state index is -3.28. The van der Waals surface area contributed by atoms with E-state index in [1.54, 1.807) is 20.8 Å². The first-order valence-corrected chi connectivity index (χ1v) is 8.08. The third kappa shape index (κ3) is 3.37. The zero-order chi connectivity index (χ0) is 14.8. The highest BCUT2D eigenvalue weighted by Gasteiger charge is 2.41. The lowest BCUT2D eigenvalue weighted by Crippen LogP contribution is -2.42. The lowest BCUT2D eigenvalue weighted by Gasteiger charge is -2.34. The monoisotopic (exact) mass is 283 g/mol. The van der Waals surface area contributed by atoms with Crippen molar-refractivity contribution in [3.05, 3.63) is 35.9 Å². The maximum absolute atomic E-state index is 12.9. The second-order valence-corrected chi connectivity index (χ2v) is 9.02. The number of hydrogen-bond acceptors (Lipinski definition) is 3. The molecular weight excluding hydrogens is 258 g/mol. The number of likely N-dealkylation sites (N-methyl/N-ethyl adjacent to an activating group) is 1. The van der Waals surface area contributed by atoms with Crippen molar-refractivity contribution in [2.24, 2.45) is 0 Å². The van der Waals surface area contributed by atoms with Crippen LogP contribution in [-0.2, 0) is 9.84 Å². The normalized spacial score (nSPS) is 16.4. The van der Waals surface area contributed by atoms with Crippen LogP contribution in [-0.4, -0.2) is 38.2 Å². The minimum absolute atomic E-state index is 0.0772. The van der Waals surface area contributed by atoms with Gasteiger partial charge in [-0.2, -0.15) is 0 Å². The molecular formula is C15H25NO2S. The van der Waals surface area contributed by atoms with Crippen LogP contribution >= 0.6 is 0 Å². The fraction of sp³-hybridized carbons (Fsp3) is 0.600. The van der Waals surface area contributed by atoms with Gasteiger partial charge in [0.05, 0.1) is 4.75 Å². The number of rotatable bonds is 4. The van der Waals surface area contributed by atoms with Gasteiger partial charge < -0.3 is 4.90 Å². The molecule has 4 heteroatoms. The zero-order valence-corrected chi connectivity index (χ0v) is 13.5. The second kappa shape index (κ2) is 5.63. The Morgan fingerprint density at radius 1 is 1.05 bits per heavy atom. The molecule has 1 rings (SSSR count). The van der Waals surface area contributed by atoms with Crippen LogP contribution in [0.5, 0.6) is 0 Å². The van der Waals surface area contributed by atoms with E-state index in [-0.39, 0.29) is 6.04 Å². The molecule has 0 fully saturated rings. The van der Waals surface area contributed by atoms with Crippen molar-refractivity contribution >= 4 is 9.84 Å². The fourth-order valence-electron chi connectivity index (χ4n) is 2.01. The van der Waals surface area contributed by atoms with Crippen LogP contribution in [0.3, 0.4) is 0 Å². The highest BCUT2D eigenvalue weighted by molar-refractivity contribution is 7.93. The lowest BCUT2D eigenvalue weighted by molar-refractivity contribution is 0.300. The van der Waals surface area contributed by atoms with Crippen LogP contribution in [0.1, 0.15) is 38.5 Å². The van der Waals surface area contributed by atoms with Crippen molar-refractivity contribution in [2.45, 2.75) is 43.7 Å². The van der Waals surface area contributed by atoms with Gasteiger partial charge in [0.2, 0.25) is 0 Å². The maximum atomic E-state index is 12.9. The van der Waals surface area contributed by atoms with Gasteiger partial charge in [0, 0.05) is 6.04 Å². The Morgan fingerprint density at radius 3 is 1.89 bits per heavy atom. The van der Waals surface area contributed by atoms with Gasteiger partial charge in [-0.3, -0.25) is 0 Å². The van der Waals surface area contributed by atoms with Crippen molar-refractivity contribution in [1.82, 2.24) is 4.90 Å². The first-order valence-electron chi connectivity index (χ1n) is 6.54. The molecule has 19 heavy (non-hydrogen) atoms. The fourth-order valence-corrected chi connectivity index (χ4v) is 4.05. The van der Waals surface area contributed by atoms with Gasteiger partial charge in [0.1, 0.15) is 5.25 Å². The highest BCUT2D eigenvalue weighted by atomic mass is 32.2. The van der Waals surface area contributed by atoms with Crippen molar-refractivity contribution in [3.63, 3.8) is 0 Å². The molecule has 0 saturated heterocycles. The van der Waals surface area contributed by atoms with E-state index in [1.807, 2.05) is 56.3 Å². The van der Waals surface area contributed by atoms with Crippen molar-refractivity contribution in [3.8, 4) is 0 Å². The van der Waals surface area contributed by atoms with E-state index in [0.29, 0.717) is 0 Å². The smallest absolute Gasteiger partial charge is 0.163 e. The van der Waals surface area contributed by atoms with Crippen LogP contribution in [0.2, 0.25) is 0 Å². The molecule has 0 aliphatic heterocycles. The molecule has 0 radical (unpaired) electrons.